The Hall–Kier alpha value is -5.22. The van der Waals surface area contributed by atoms with E-state index in [0.717, 1.165) is 11.8 Å². The molecular formula is C34H53N9O12. The maximum atomic E-state index is 13.7. The van der Waals surface area contributed by atoms with Crippen molar-refractivity contribution in [2.45, 2.75) is 93.8 Å². The van der Waals surface area contributed by atoms with Crippen molar-refractivity contribution in [1.82, 2.24) is 36.8 Å². The summed E-state index contributed by atoms with van der Waals surface area (Å²) in [6, 6.07) is -1.86. The van der Waals surface area contributed by atoms with E-state index in [1.165, 1.54) is 7.05 Å². The summed E-state index contributed by atoms with van der Waals surface area (Å²) < 4.78 is 0. The summed E-state index contributed by atoms with van der Waals surface area (Å²) in [4.78, 5) is 105. The number of nitrogens with two attached hydrogens (primary N) is 2. The van der Waals surface area contributed by atoms with Gasteiger partial charge in [0.05, 0.1) is 25.9 Å². The van der Waals surface area contributed by atoms with Crippen molar-refractivity contribution in [3.8, 4) is 0 Å². The van der Waals surface area contributed by atoms with E-state index in [4.69, 9.17) is 11.5 Å². The molecule has 8 atom stereocenters. The SMILES string of the molecule is CC(O)[C@@H]1NC(=O)[C@@H](NC(=O)[C@@H](N)CO)CCC(=O)NCCCC[C@@H](C(=O)N[C@@H](CO)C(=O)N[C@@H](Cc2ccccc2)C(N)=O)N(C)C(=O)[C@H](CO)NC1=O. The molecule has 1 aromatic rings. The van der Waals surface area contributed by atoms with Crippen molar-refractivity contribution in [3.05, 3.63) is 35.9 Å². The molecule has 55 heavy (non-hydrogen) atoms. The molecule has 0 spiro atoms. The third kappa shape index (κ3) is 14.5. The monoisotopic (exact) mass is 779 g/mol. The topological polar surface area (TPSA) is 345 Å². The highest BCUT2D eigenvalue weighted by Gasteiger charge is 2.37. The molecule has 8 amide bonds. The molecule has 0 aromatic heterocycles. The Morgan fingerprint density at radius 3 is 2.16 bits per heavy atom. The number of primary amides is 1. The molecule has 1 aliphatic rings. The van der Waals surface area contributed by atoms with Crippen LogP contribution in [0.15, 0.2) is 30.3 Å². The van der Waals surface area contributed by atoms with Crippen molar-refractivity contribution >= 4 is 47.3 Å². The van der Waals surface area contributed by atoms with Crippen LogP contribution in [0.1, 0.15) is 44.6 Å². The maximum absolute atomic E-state index is 13.7. The van der Waals surface area contributed by atoms with Crippen molar-refractivity contribution in [1.29, 1.82) is 0 Å². The van der Waals surface area contributed by atoms with E-state index in [1.807, 2.05) is 0 Å². The minimum absolute atomic E-state index is 0.0226. The minimum atomic E-state index is -1.76. The van der Waals surface area contributed by atoms with Gasteiger partial charge in [0.25, 0.3) is 0 Å². The van der Waals surface area contributed by atoms with Gasteiger partial charge >= 0.3 is 0 Å². The molecule has 1 heterocycles. The van der Waals surface area contributed by atoms with Crippen molar-refractivity contribution < 1.29 is 58.8 Å². The van der Waals surface area contributed by atoms with E-state index in [2.05, 4.69) is 31.9 Å². The number of aliphatic hydroxyl groups is 4. The fourth-order valence-electron chi connectivity index (χ4n) is 5.50. The molecule has 0 radical (unpaired) electrons. The smallest absolute Gasteiger partial charge is 0.247 e. The largest absolute Gasteiger partial charge is 0.394 e. The van der Waals surface area contributed by atoms with Crippen LogP contribution in [0.2, 0.25) is 0 Å². The van der Waals surface area contributed by atoms with Crippen LogP contribution in [-0.2, 0) is 44.8 Å². The van der Waals surface area contributed by atoms with Gasteiger partial charge in [0.15, 0.2) is 0 Å². The summed E-state index contributed by atoms with van der Waals surface area (Å²) in [5.41, 5.74) is 11.7. The highest BCUT2D eigenvalue weighted by molar-refractivity contribution is 5.97. The zero-order chi connectivity index (χ0) is 41.2. The van der Waals surface area contributed by atoms with Gasteiger partial charge < -0.3 is 68.7 Å². The average Bonchev–Trinajstić information content (AvgIpc) is 3.16. The van der Waals surface area contributed by atoms with Gasteiger partial charge in [-0.25, -0.2) is 0 Å². The summed E-state index contributed by atoms with van der Waals surface area (Å²) in [5.74, 6) is -7.35. The van der Waals surface area contributed by atoms with Gasteiger partial charge in [-0.2, -0.15) is 0 Å². The number of likely N-dealkylation sites (N-methyl/N-ethyl adjacent to an activating group) is 1. The molecule has 0 saturated carbocycles. The van der Waals surface area contributed by atoms with Crippen LogP contribution in [0.4, 0.5) is 0 Å². The molecule has 0 bridgehead atoms. The lowest BCUT2D eigenvalue weighted by atomic mass is 10.0. The first-order valence-electron chi connectivity index (χ1n) is 17.7. The molecule has 1 fully saturated rings. The highest BCUT2D eigenvalue weighted by atomic mass is 16.3. The number of hydrogen-bond donors (Lipinski definition) is 12. The van der Waals surface area contributed by atoms with Crippen LogP contribution in [0, 0.1) is 0 Å². The van der Waals surface area contributed by atoms with Crippen LogP contribution >= 0.6 is 0 Å². The zero-order valence-electron chi connectivity index (χ0n) is 30.7. The lowest BCUT2D eigenvalue weighted by Gasteiger charge is -2.32. The second kappa shape index (κ2) is 22.9. The van der Waals surface area contributed by atoms with Gasteiger partial charge in [-0.3, -0.25) is 38.4 Å². The number of carbonyl (C=O) groups excluding carboxylic acids is 8. The number of hydrogen-bond acceptors (Lipinski definition) is 13. The molecule has 306 valence electrons. The van der Waals surface area contributed by atoms with Gasteiger partial charge in [-0.1, -0.05) is 30.3 Å². The van der Waals surface area contributed by atoms with E-state index >= 15 is 0 Å². The molecule has 1 saturated heterocycles. The summed E-state index contributed by atoms with van der Waals surface area (Å²) >= 11 is 0. The number of rotatable bonds is 13. The van der Waals surface area contributed by atoms with E-state index in [-0.39, 0.29) is 45.1 Å². The van der Waals surface area contributed by atoms with Crippen LogP contribution < -0.4 is 43.4 Å². The van der Waals surface area contributed by atoms with E-state index in [1.54, 1.807) is 30.3 Å². The molecule has 1 aliphatic heterocycles. The summed E-state index contributed by atoms with van der Waals surface area (Å²) in [7, 11) is 1.19. The molecule has 14 N–H and O–H groups in total. The van der Waals surface area contributed by atoms with Gasteiger partial charge in [-0.15, -0.1) is 0 Å². The molecule has 21 nitrogen and oxygen atoms in total. The molecule has 21 heteroatoms. The van der Waals surface area contributed by atoms with E-state index in [9.17, 15) is 58.8 Å². The van der Waals surface area contributed by atoms with Crippen LogP contribution in [0.5, 0.6) is 0 Å². The van der Waals surface area contributed by atoms with Crippen molar-refractivity contribution in [2.75, 3.05) is 33.4 Å². The van der Waals surface area contributed by atoms with Gasteiger partial charge in [0, 0.05) is 26.4 Å². The second-order valence-corrected chi connectivity index (χ2v) is 13.1. The van der Waals surface area contributed by atoms with E-state index in [0.29, 0.717) is 5.56 Å². The summed E-state index contributed by atoms with van der Waals surface area (Å²) in [6.07, 6.45) is -1.75. The third-order valence-corrected chi connectivity index (χ3v) is 8.79. The number of amides is 8. The third-order valence-electron chi connectivity index (χ3n) is 8.79. The normalized spacial score (nSPS) is 22.9. The first-order chi connectivity index (χ1) is 26.0. The second-order valence-electron chi connectivity index (χ2n) is 13.1. The standard InChI is InChI=1S/C34H53N9O12/c1-18(47)27-33(54)41-24(17-46)34(55)43(2)25(10-6-7-13-37-26(48)12-11-21(30(51)42-27)38-29(50)20(35)15-44)32(53)40-23(16-45)31(52)39-22(28(36)49)14-19-8-4-3-5-9-19/h3-5,8-9,18,20-25,27,44-47H,6-7,10-17,35H2,1-2H3,(H2,36,49)(H,37,48)(H,38,50)(H,39,52)(H,40,53)(H,41,54)(H,42,51)/t18?,20-,21-,22-,23-,24-,25-,27-/m0/s1. The predicted octanol–water partition coefficient (Wildman–Crippen LogP) is -6.27. The first-order valence-corrected chi connectivity index (χ1v) is 17.7. The van der Waals surface area contributed by atoms with Gasteiger partial charge in [0.1, 0.15) is 42.3 Å². The lowest BCUT2D eigenvalue weighted by molar-refractivity contribution is -0.144. The Balaban J connectivity index is 2.34. The molecule has 1 unspecified atom stereocenters. The fourth-order valence-corrected chi connectivity index (χ4v) is 5.50. The zero-order valence-corrected chi connectivity index (χ0v) is 30.7. The van der Waals surface area contributed by atoms with Crippen molar-refractivity contribution in [3.63, 3.8) is 0 Å². The quantitative estimate of drug-likeness (QED) is 0.0888. The number of benzene rings is 1. The van der Waals surface area contributed by atoms with Gasteiger partial charge in [-0.05, 0) is 38.2 Å². The molecule has 0 aliphatic carbocycles. The Kier molecular flexibility index (Phi) is 19.1. The van der Waals surface area contributed by atoms with Crippen LogP contribution in [0.25, 0.3) is 0 Å². The Labute approximate surface area is 317 Å². The van der Waals surface area contributed by atoms with E-state index < -0.39 is 115 Å². The summed E-state index contributed by atoms with van der Waals surface area (Å²) in [5, 5.41) is 54.0. The number of nitrogens with one attached hydrogen (secondary N) is 6. The van der Waals surface area contributed by atoms with Crippen LogP contribution in [-0.4, -0.2) is 154 Å². The first kappa shape index (κ1) is 45.9. The van der Waals surface area contributed by atoms with Gasteiger partial charge in [0.2, 0.25) is 47.3 Å². The van der Waals surface area contributed by atoms with Crippen molar-refractivity contribution in [2.24, 2.45) is 11.5 Å². The fraction of sp³-hybridized carbons (Fsp3) is 0.588. The molecular weight excluding hydrogens is 726 g/mol. The highest BCUT2D eigenvalue weighted by Crippen LogP contribution is 2.12. The lowest BCUT2D eigenvalue weighted by Crippen LogP contribution is -2.62. The molecule has 1 aromatic carbocycles. The average molecular weight is 780 g/mol. The Bertz CT molecular complexity index is 1500. The summed E-state index contributed by atoms with van der Waals surface area (Å²) in [6.45, 7) is -1.43. The minimum Gasteiger partial charge on any atom is -0.394 e. The number of nitrogens with zero attached hydrogens (tertiary/aromatic N) is 1. The Morgan fingerprint density at radius 2 is 1.58 bits per heavy atom. The number of aliphatic hydroxyl groups excluding tert-OH is 4. The van der Waals surface area contributed by atoms with Crippen LogP contribution in [0.3, 0.4) is 0 Å². The maximum Gasteiger partial charge on any atom is 0.247 e. The number of carbonyl (C=O) groups is 8. The Morgan fingerprint density at radius 1 is 0.909 bits per heavy atom. The predicted molar refractivity (Wildman–Crippen MR) is 193 cm³/mol. The molecule has 2 rings (SSSR count).